The van der Waals surface area contributed by atoms with Crippen LogP contribution in [0.1, 0.15) is 5.56 Å². The van der Waals surface area contributed by atoms with Gasteiger partial charge in [0.2, 0.25) is 0 Å². The number of hydrogen-bond acceptors (Lipinski definition) is 3. The van der Waals surface area contributed by atoms with Gasteiger partial charge in [-0.2, -0.15) is 5.26 Å². The molecule has 1 N–H and O–H groups in total. The minimum Gasteiger partial charge on any atom is -0.359 e. The number of nitrogens with zero attached hydrogens (tertiary/aromatic N) is 1. The van der Waals surface area contributed by atoms with Crippen LogP contribution in [0.2, 0.25) is 5.02 Å². The first-order chi connectivity index (χ1) is 7.45. The topological polar surface area (TPSA) is 73.7 Å². The molecule has 0 radical (unpaired) electrons. The molecule has 0 aliphatic rings. The third kappa shape index (κ3) is 1.65. The second-order valence-electron chi connectivity index (χ2n) is 3.05. The highest BCUT2D eigenvalue weighted by atomic mass is 35.7. The summed E-state index contributed by atoms with van der Waals surface area (Å²) in [5, 5.41) is 9.51. The Balaban J connectivity index is 2.94. The summed E-state index contributed by atoms with van der Waals surface area (Å²) in [6, 6.07) is 4.87. The van der Waals surface area contributed by atoms with Gasteiger partial charge in [0.15, 0.2) is 0 Å². The van der Waals surface area contributed by atoms with Gasteiger partial charge in [0, 0.05) is 22.3 Å². The van der Waals surface area contributed by atoms with Crippen molar-refractivity contribution in [3.05, 3.63) is 28.9 Å². The van der Waals surface area contributed by atoms with Gasteiger partial charge < -0.3 is 4.98 Å². The molecule has 0 saturated heterocycles. The fourth-order valence-corrected chi connectivity index (χ4v) is 2.67. The Morgan fingerprint density at radius 3 is 2.62 bits per heavy atom. The number of aromatic nitrogens is 1. The molecule has 0 amide bonds. The molecule has 82 valence electrons. The van der Waals surface area contributed by atoms with Gasteiger partial charge in [-0.1, -0.05) is 11.6 Å². The van der Waals surface area contributed by atoms with Gasteiger partial charge in [0.1, 0.15) is 11.0 Å². The Hall–Kier alpha value is -1.22. The van der Waals surface area contributed by atoms with Crippen molar-refractivity contribution < 1.29 is 8.42 Å². The molecular weight excluding hydrogens is 271 g/mol. The van der Waals surface area contributed by atoms with Crippen LogP contribution in [0.3, 0.4) is 0 Å². The maximum atomic E-state index is 11.2. The molecule has 1 aromatic heterocycles. The first kappa shape index (κ1) is 11.3. The van der Waals surface area contributed by atoms with Crippen LogP contribution in [0, 0.1) is 11.3 Å². The zero-order chi connectivity index (χ0) is 11.9. The molecule has 1 aromatic carbocycles. The second kappa shape index (κ2) is 3.67. The molecule has 0 aliphatic heterocycles. The third-order valence-electron chi connectivity index (χ3n) is 2.14. The van der Waals surface area contributed by atoms with E-state index in [9.17, 15) is 8.42 Å². The summed E-state index contributed by atoms with van der Waals surface area (Å²) in [5.41, 5.74) is 0.569. The van der Waals surface area contributed by atoms with E-state index in [1.54, 1.807) is 0 Å². The van der Waals surface area contributed by atoms with Crippen molar-refractivity contribution >= 4 is 42.2 Å². The van der Waals surface area contributed by atoms with E-state index in [0.717, 1.165) is 0 Å². The molecule has 0 bridgehead atoms. The van der Waals surface area contributed by atoms with Crippen molar-refractivity contribution in [2.75, 3.05) is 0 Å². The normalized spacial score (nSPS) is 11.6. The van der Waals surface area contributed by atoms with Gasteiger partial charge in [0.05, 0.1) is 16.1 Å². The van der Waals surface area contributed by atoms with Gasteiger partial charge in [-0.05, 0) is 12.1 Å². The van der Waals surface area contributed by atoms with Crippen LogP contribution in [-0.2, 0) is 9.05 Å². The van der Waals surface area contributed by atoms with E-state index in [-0.39, 0.29) is 15.5 Å². The first-order valence-electron chi connectivity index (χ1n) is 4.09. The van der Waals surface area contributed by atoms with Crippen molar-refractivity contribution in [1.82, 2.24) is 4.98 Å². The third-order valence-corrected chi connectivity index (χ3v) is 3.82. The van der Waals surface area contributed by atoms with Crippen LogP contribution in [0.15, 0.2) is 23.2 Å². The van der Waals surface area contributed by atoms with Crippen LogP contribution in [0.4, 0.5) is 0 Å². The monoisotopic (exact) mass is 274 g/mol. The zero-order valence-corrected chi connectivity index (χ0v) is 9.99. The first-order valence-corrected chi connectivity index (χ1v) is 6.78. The number of aromatic amines is 1. The Morgan fingerprint density at radius 2 is 2.06 bits per heavy atom. The highest BCUT2D eigenvalue weighted by molar-refractivity contribution is 8.14. The van der Waals surface area contributed by atoms with E-state index in [2.05, 4.69) is 4.98 Å². The molecule has 16 heavy (non-hydrogen) atoms. The van der Waals surface area contributed by atoms with Crippen molar-refractivity contribution in [3.8, 4) is 6.07 Å². The molecule has 0 spiro atoms. The number of nitriles is 1. The molecule has 0 unspecified atom stereocenters. The molecule has 2 rings (SSSR count). The summed E-state index contributed by atoms with van der Waals surface area (Å²) in [7, 11) is 1.42. The SMILES string of the molecule is N#Cc1c(Cl)ccc2c(S(=O)(=O)Cl)c[nH]c12. The molecule has 2 aromatic rings. The van der Waals surface area contributed by atoms with Crippen molar-refractivity contribution in [1.29, 1.82) is 5.26 Å². The Kier molecular flexibility index (Phi) is 2.58. The Morgan fingerprint density at radius 1 is 1.38 bits per heavy atom. The number of hydrogen-bond donors (Lipinski definition) is 1. The molecule has 4 nitrogen and oxygen atoms in total. The summed E-state index contributed by atoms with van der Waals surface area (Å²) in [6.45, 7) is 0. The fraction of sp³-hybridized carbons (Fsp3) is 0. The number of nitrogens with one attached hydrogen (secondary N) is 1. The summed E-state index contributed by atoms with van der Waals surface area (Å²) in [4.78, 5) is 2.63. The fourth-order valence-electron chi connectivity index (χ4n) is 1.46. The van der Waals surface area contributed by atoms with Crippen LogP contribution in [0.5, 0.6) is 0 Å². The lowest BCUT2D eigenvalue weighted by molar-refractivity contribution is 0.610. The number of benzene rings is 1. The molecule has 0 saturated carbocycles. The lowest BCUT2D eigenvalue weighted by Crippen LogP contribution is -1.88. The van der Waals surface area contributed by atoms with Crippen molar-refractivity contribution in [2.24, 2.45) is 0 Å². The van der Waals surface area contributed by atoms with E-state index in [4.69, 9.17) is 27.5 Å². The molecular formula is C9H4Cl2N2O2S. The van der Waals surface area contributed by atoms with Crippen LogP contribution < -0.4 is 0 Å². The summed E-state index contributed by atoms with van der Waals surface area (Å²) in [6.07, 6.45) is 1.24. The van der Waals surface area contributed by atoms with E-state index in [1.165, 1.54) is 18.3 Å². The standard InChI is InChI=1S/C9H4Cl2N2O2S/c10-7-2-1-5-8(16(11,14)15)4-13-9(5)6(7)3-12/h1-2,4,13H. The number of halogens is 2. The van der Waals surface area contributed by atoms with E-state index >= 15 is 0 Å². The Bertz CT molecular complexity index is 713. The van der Waals surface area contributed by atoms with Gasteiger partial charge in [-0.25, -0.2) is 8.42 Å². The predicted octanol–water partition coefficient (Wildman–Crippen LogP) is 2.62. The summed E-state index contributed by atoms with van der Waals surface area (Å²) in [5.74, 6) is 0. The average molecular weight is 275 g/mol. The van der Waals surface area contributed by atoms with Crippen LogP contribution >= 0.6 is 22.3 Å². The Labute approximate surface area is 101 Å². The maximum Gasteiger partial charge on any atom is 0.263 e. The van der Waals surface area contributed by atoms with E-state index in [0.29, 0.717) is 10.9 Å². The minimum absolute atomic E-state index is 0.0580. The zero-order valence-electron chi connectivity index (χ0n) is 7.66. The van der Waals surface area contributed by atoms with Gasteiger partial charge >= 0.3 is 0 Å². The van der Waals surface area contributed by atoms with E-state index < -0.39 is 9.05 Å². The highest BCUT2D eigenvalue weighted by Gasteiger charge is 2.18. The van der Waals surface area contributed by atoms with Crippen LogP contribution in [-0.4, -0.2) is 13.4 Å². The molecule has 0 fully saturated rings. The van der Waals surface area contributed by atoms with Crippen LogP contribution in [0.25, 0.3) is 10.9 Å². The lowest BCUT2D eigenvalue weighted by Gasteiger charge is -1.97. The average Bonchev–Trinajstić information content (AvgIpc) is 2.60. The predicted molar refractivity (Wildman–Crippen MR) is 61.1 cm³/mol. The number of H-pyrrole nitrogens is 1. The van der Waals surface area contributed by atoms with Gasteiger partial charge in [-0.15, -0.1) is 0 Å². The molecule has 0 aliphatic carbocycles. The number of rotatable bonds is 1. The molecule has 1 heterocycles. The van der Waals surface area contributed by atoms with E-state index in [1.807, 2.05) is 6.07 Å². The molecule has 0 atom stereocenters. The van der Waals surface area contributed by atoms with Crippen molar-refractivity contribution in [2.45, 2.75) is 4.90 Å². The number of fused-ring (bicyclic) bond motifs is 1. The molecule has 7 heteroatoms. The van der Waals surface area contributed by atoms with Gasteiger partial charge in [0.25, 0.3) is 9.05 Å². The smallest absolute Gasteiger partial charge is 0.263 e. The second-order valence-corrected chi connectivity index (χ2v) is 5.99. The highest BCUT2D eigenvalue weighted by Crippen LogP contribution is 2.30. The van der Waals surface area contributed by atoms with Gasteiger partial charge in [-0.3, -0.25) is 0 Å². The summed E-state index contributed by atoms with van der Waals surface area (Å²) < 4.78 is 22.4. The lowest BCUT2D eigenvalue weighted by atomic mass is 10.1. The quantitative estimate of drug-likeness (QED) is 0.813. The summed E-state index contributed by atoms with van der Waals surface area (Å²) >= 11 is 5.80. The minimum atomic E-state index is -3.84. The maximum absolute atomic E-state index is 11.2. The largest absolute Gasteiger partial charge is 0.359 e. The van der Waals surface area contributed by atoms with Crippen molar-refractivity contribution in [3.63, 3.8) is 0 Å².